The molecule has 1 fully saturated rings. The first-order chi connectivity index (χ1) is 9.24. The highest BCUT2D eigenvalue weighted by Gasteiger charge is 2.17. The van der Waals surface area contributed by atoms with E-state index in [2.05, 4.69) is 39.9 Å². The van der Waals surface area contributed by atoms with E-state index in [0.717, 1.165) is 29.0 Å². The van der Waals surface area contributed by atoms with Crippen LogP contribution in [0.3, 0.4) is 0 Å². The van der Waals surface area contributed by atoms with Gasteiger partial charge in [-0.25, -0.2) is 0 Å². The Morgan fingerprint density at radius 3 is 2.84 bits per heavy atom. The van der Waals surface area contributed by atoms with Crippen LogP contribution < -0.4 is 4.90 Å². The minimum atomic E-state index is 0.0967. The van der Waals surface area contributed by atoms with Gasteiger partial charge in [0.2, 0.25) is 0 Å². The van der Waals surface area contributed by atoms with Crippen molar-refractivity contribution >= 4 is 21.6 Å². The highest BCUT2D eigenvalue weighted by atomic mass is 79.9. The Labute approximate surface area is 124 Å². The zero-order valence-corrected chi connectivity index (χ0v) is 13.3. The number of hydrogen-bond donors (Lipinski definition) is 1. The van der Waals surface area contributed by atoms with Crippen molar-refractivity contribution in [3.8, 4) is 0 Å². The fourth-order valence-corrected chi connectivity index (χ4v) is 3.47. The van der Waals surface area contributed by atoms with Crippen molar-refractivity contribution in [2.24, 2.45) is 5.92 Å². The Morgan fingerprint density at radius 2 is 2.16 bits per heavy atom. The quantitative estimate of drug-likeness (QED) is 0.889. The van der Waals surface area contributed by atoms with Gasteiger partial charge in [0.1, 0.15) is 0 Å². The second-order valence-corrected chi connectivity index (χ2v) is 6.36. The molecule has 19 heavy (non-hydrogen) atoms. The van der Waals surface area contributed by atoms with Crippen LogP contribution in [0.5, 0.6) is 0 Å². The van der Waals surface area contributed by atoms with E-state index in [-0.39, 0.29) is 6.61 Å². The highest BCUT2D eigenvalue weighted by Crippen LogP contribution is 2.28. The molecule has 2 rings (SSSR count). The molecule has 1 aromatic rings. The first kappa shape index (κ1) is 14.9. The summed E-state index contributed by atoms with van der Waals surface area (Å²) >= 11 is 3.54. The third-order valence-corrected chi connectivity index (χ3v) is 4.85. The molecular weight excluding hydrogens is 302 g/mol. The summed E-state index contributed by atoms with van der Waals surface area (Å²) in [6.45, 7) is 4.70. The summed E-state index contributed by atoms with van der Waals surface area (Å²) in [4.78, 5) is 2.49. The second kappa shape index (κ2) is 7.30. The molecule has 0 saturated carbocycles. The average molecular weight is 326 g/mol. The lowest BCUT2D eigenvalue weighted by molar-refractivity contribution is 0.281. The van der Waals surface area contributed by atoms with Crippen molar-refractivity contribution in [3.05, 3.63) is 28.2 Å². The van der Waals surface area contributed by atoms with Gasteiger partial charge in [0.15, 0.2) is 0 Å². The number of aliphatic hydroxyl groups excluding tert-OH is 1. The van der Waals surface area contributed by atoms with E-state index in [9.17, 15) is 5.11 Å². The van der Waals surface area contributed by atoms with Crippen LogP contribution in [0.25, 0.3) is 0 Å². The van der Waals surface area contributed by atoms with Crippen LogP contribution in [-0.4, -0.2) is 18.2 Å². The molecule has 0 amide bonds. The van der Waals surface area contributed by atoms with E-state index in [1.54, 1.807) is 0 Å². The fourth-order valence-electron chi connectivity index (χ4n) is 2.98. The van der Waals surface area contributed by atoms with Crippen LogP contribution in [0.1, 0.15) is 44.6 Å². The summed E-state index contributed by atoms with van der Waals surface area (Å²) in [5.41, 5.74) is 2.24. The van der Waals surface area contributed by atoms with E-state index >= 15 is 0 Å². The summed E-state index contributed by atoms with van der Waals surface area (Å²) in [5, 5.41) is 9.21. The zero-order chi connectivity index (χ0) is 13.7. The lowest BCUT2D eigenvalue weighted by atomic mass is 9.96. The van der Waals surface area contributed by atoms with Crippen molar-refractivity contribution in [3.63, 3.8) is 0 Å². The van der Waals surface area contributed by atoms with Crippen LogP contribution in [0.15, 0.2) is 22.7 Å². The highest BCUT2D eigenvalue weighted by molar-refractivity contribution is 9.10. The van der Waals surface area contributed by atoms with Gasteiger partial charge in [0.05, 0.1) is 6.61 Å². The topological polar surface area (TPSA) is 23.5 Å². The van der Waals surface area contributed by atoms with Crippen LogP contribution >= 0.6 is 15.9 Å². The van der Waals surface area contributed by atoms with Gasteiger partial charge in [-0.05, 0) is 42.9 Å². The Balaban J connectivity index is 2.03. The van der Waals surface area contributed by atoms with Crippen molar-refractivity contribution in [2.45, 2.75) is 45.6 Å². The number of benzene rings is 1. The molecule has 1 atom stereocenters. The number of halogens is 1. The molecule has 0 spiro atoms. The predicted octanol–water partition coefficient (Wildman–Crippen LogP) is 4.35. The van der Waals surface area contributed by atoms with E-state index in [4.69, 9.17) is 0 Å². The summed E-state index contributed by atoms with van der Waals surface area (Å²) < 4.78 is 1.02. The minimum absolute atomic E-state index is 0.0967. The second-order valence-electron chi connectivity index (χ2n) is 5.51. The summed E-state index contributed by atoms with van der Waals surface area (Å²) in [5.74, 6) is 0.912. The first-order valence-corrected chi connectivity index (χ1v) is 8.18. The number of anilines is 1. The molecule has 1 unspecified atom stereocenters. The van der Waals surface area contributed by atoms with Crippen LogP contribution in [0, 0.1) is 5.92 Å². The molecule has 3 heteroatoms. The largest absolute Gasteiger partial charge is 0.392 e. The average Bonchev–Trinajstić information content (AvgIpc) is 2.65. The number of aliphatic hydroxyl groups is 1. The molecule has 1 heterocycles. The predicted molar refractivity (Wildman–Crippen MR) is 84.5 cm³/mol. The monoisotopic (exact) mass is 325 g/mol. The summed E-state index contributed by atoms with van der Waals surface area (Å²) in [6.07, 6.45) is 6.67. The SMILES string of the molecule is CCCC1CCCN(c2ccc(CO)c(Br)c2)CC1. The maximum Gasteiger partial charge on any atom is 0.0692 e. The normalized spacial score (nSPS) is 20.4. The Hall–Kier alpha value is -0.540. The number of rotatable bonds is 4. The van der Waals surface area contributed by atoms with Crippen LogP contribution in [-0.2, 0) is 6.61 Å². The third-order valence-electron chi connectivity index (χ3n) is 4.12. The summed E-state index contributed by atoms with van der Waals surface area (Å²) in [6, 6.07) is 6.30. The first-order valence-electron chi connectivity index (χ1n) is 7.38. The number of hydrogen-bond acceptors (Lipinski definition) is 2. The van der Waals surface area contributed by atoms with Crippen molar-refractivity contribution < 1.29 is 5.11 Å². The maximum atomic E-state index is 9.21. The van der Waals surface area contributed by atoms with Gasteiger partial charge in [-0.2, -0.15) is 0 Å². The zero-order valence-electron chi connectivity index (χ0n) is 11.7. The van der Waals surface area contributed by atoms with Gasteiger partial charge < -0.3 is 10.0 Å². The molecule has 1 aliphatic rings. The van der Waals surface area contributed by atoms with Gasteiger partial charge >= 0.3 is 0 Å². The summed E-state index contributed by atoms with van der Waals surface area (Å²) in [7, 11) is 0. The van der Waals surface area contributed by atoms with E-state index in [0.29, 0.717) is 0 Å². The molecule has 0 radical (unpaired) electrons. The van der Waals surface area contributed by atoms with Crippen molar-refractivity contribution in [1.82, 2.24) is 0 Å². The fraction of sp³-hybridized carbons (Fsp3) is 0.625. The molecule has 1 aromatic carbocycles. The molecule has 0 aromatic heterocycles. The standard InChI is InChI=1S/C16H24BrNO/c1-2-4-13-5-3-9-18(10-8-13)15-7-6-14(12-19)16(17)11-15/h6-7,11,13,19H,2-5,8-10,12H2,1H3. The van der Waals surface area contributed by atoms with Gasteiger partial charge in [-0.1, -0.05) is 41.8 Å². The molecule has 1 aliphatic heterocycles. The lowest BCUT2D eigenvalue weighted by Gasteiger charge is -2.23. The van der Waals surface area contributed by atoms with Crippen LogP contribution in [0.4, 0.5) is 5.69 Å². The van der Waals surface area contributed by atoms with Gasteiger partial charge in [0.25, 0.3) is 0 Å². The van der Waals surface area contributed by atoms with E-state index in [1.807, 2.05) is 6.07 Å². The van der Waals surface area contributed by atoms with E-state index in [1.165, 1.54) is 37.8 Å². The minimum Gasteiger partial charge on any atom is -0.392 e. The lowest BCUT2D eigenvalue weighted by Crippen LogP contribution is -2.24. The van der Waals surface area contributed by atoms with Gasteiger partial charge in [0, 0.05) is 23.2 Å². The van der Waals surface area contributed by atoms with Gasteiger partial charge in [-0.3, -0.25) is 0 Å². The van der Waals surface area contributed by atoms with Crippen molar-refractivity contribution in [1.29, 1.82) is 0 Å². The van der Waals surface area contributed by atoms with Gasteiger partial charge in [-0.15, -0.1) is 0 Å². The molecule has 1 saturated heterocycles. The maximum absolute atomic E-state index is 9.21. The van der Waals surface area contributed by atoms with E-state index < -0.39 is 0 Å². The Kier molecular flexibility index (Phi) is 5.71. The molecule has 1 N–H and O–H groups in total. The Morgan fingerprint density at radius 1 is 1.32 bits per heavy atom. The molecule has 0 aliphatic carbocycles. The van der Waals surface area contributed by atoms with Crippen LogP contribution in [0.2, 0.25) is 0 Å². The molecule has 0 bridgehead atoms. The molecule has 2 nitrogen and oxygen atoms in total. The Bertz CT molecular complexity index is 408. The third kappa shape index (κ3) is 3.96. The smallest absolute Gasteiger partial charge is 0.0692 e. The number of nitrogens with zero attached hydrogens (tertiary/aromatic N) is 1. The molecule has 106 valence electrons. The van der Waals surface area contributed by atoms with Crippen molar-refractivity contribution in [2.75, 3.05) is 18.0 Å². The molecular formula is C16H24BrNO.